The van der Waals surface area contributed by atoms with Crippen LogP contribution in [0.2, 0.25) is 0 Å². The van der Waals surface area contributed by atoms with Crippen LogP contribution in [-0.4, -0.2) is 0 Å². The molecule has 0 aliphatic carbocycles. The van der Waals surface area contributed by atoms with E-state index in [1.54, 1.807) is 0 Å². The van der Waals surface area contributed by atoms with Crippen LogP contribution in [0, 0.1) is 0 Å². The molecule has 0 unspecified atom stereocenters. The lowest BCUT2D eigenvalue weighted by Crippen LogP contribution is -2.16. The molecule has 0 aliphatic heterocycles. The Balaban J connectivity index is 1.06. The Morgan fingerprint density at radius 2 is 0.583 bits per heavy atom. The summed E-state index contributed by atoms with van der Waals surface area (Å²) < 4.78 is 2.62. The molecule has 0 fully saturated rings. The van der Waals surface area contributed by atoms with Crippen LogP contribution in [0.15, 0.2) is 285 Å². The molecule has 0 bridgehead atoms. The molecule has 0 atom stereocenters. The van der Waals surface area contributed by atoms with Gasteiger partial charge in [-0.3, -0.25) is 0 Å². The Hall–Kier alpha value is -9.22. The zero-order valence-electron chi connectivity index (χ0n) is 39.4. The lowest BCUT2D eigenvalue weighted by atomic mass is 10.0. The first-order chi connectivity index (χ1) is 35.7. The normalized spacial score (nSPS) is 11.3. The Bertz CT molecular complexity index is 3890. The highest BCUT2D eigenvalue weighted by atomic mass is 32.1. The molecule has 0 amide bonds. The maximum atomic E-state index is 2.42. The van der Waals surface area contributed by atoms with Gasteiger partial charge in [0.15, 0.2) is 0 Å². The lowest BCUT2D eigenvalue weighted by Gasteiger charge is -2.33. The maximum Gasteiger partial charge on any atom is 0.0540 e. The van der Waals surface area contributed by atoms with Crippen molar-refractivity contribution in [1.29, 1.82) is 0 Å². The average Bonchev–Trinajstić information content (AvgIpc) is 3.83. The van der Waals surface area contributed by atoms with Crippen molar-refractivity contribution in [3.63, 3.8) is 0 Å². The minimum atomic E-state index is 1.01. The van der Waals surface area contributed by atoms with E-state index in [1.165, 1.54) is 58.4 Å². The molecule has 0 spiro atoms. The first-order valence-corrected chi connectivity index (χ1v) is 25.3. The second kappa shape index (κ2) is 18.6. The summed E-state index contributed by atoms with van der Waals surface area (Å²) in [6.45, 7) is 0. The molecular formula is C68H47N3S. The Morgan fingerprint density at radius 3 is 1.12 bits per heavy atom. The van der Waals surface area contributed by atoms with Crippen LogP contribution >= 0.6 is 11.3 Å². The van der Waals surface area contributed by atoms with Gasteiger partial charge in [0, 0.05) is 53.7 Å². The molecule has 72 heavy (non-hydrogen) atoms. The molecule has 0 N–H and O–H groups in total. The maximum absolute atomic E-state index is 2.42. The predicted molar refractivity (Wildman–Crippen MR) is 309 cm³/mol. The third kappa shape index (κ3) is 8.00. The van der Waals surface area contributed by atoms with Crippen molar-refractivity contribution in [2.24, 2.45) is 0 Å². The molecule has 0 saturated carbocycles. The van der Waals surface area contributed by atoms with Crippen LogP contribution < -0.4 is 14.7 Å². The standard InChI is InChI=1S/C68H47N3S/c1-4-18-48(19-5-1)49-34-39-56(40-35-49)69(57-41-36-50(37-42-57)53-38-43-68-64(44-53)63-30-14-15-33-67(63)72-68)58-45-59(70(54-24-6-2-7-25-54)65-31-16-22-51-20-10-12-28-61(51)65)47-60(46-58)71(55-26-8-3-9-27-55)66-32-17-23-52-21-11-13-29-62(52)66/h1-47H. The fraction of sp³-hybridized carbons (Fsp3) is 0. The Kier molecular flexibility index (Phi) is 11.1. The first-order valence-electron chi connectivity index (χ1n) is 24.5. The molecule has 12 aromatic carbocycles. The van der Waals surface area contributed by atoms with Crippen molar-refractivity contribution in [3.05, 3.63) is 285 Å². The number of thiophene rings is 1. The van der Waals surface area contributed by atoms with Crippen LogP contribution in [0.25, 0.3) is 64.0 Å². The third-order valence-corrected chi connectivity index (χ3v) is 14.9. The molecule has 0 aliphatic rings. The molecule has 0 saturated heterocycles. The van der Waals surface area contributed by atoms with Crippen LogP contribution in [0.3, 0.4) is 0 Å². The smallest absolute Gasteiger partial charge is 0.0540 e. The SMILES string of the molecule is c1ccc(-c2ccc(N(c3ccc(-c4ccc5sc6ccccc6c5c4)cc3)c3cc(N(c4ccccc4)c4cccc5ccccc45)cc(N(c4ccccc4)c4cccc5ccccc45)c3)cc2)cc1. The summed E-state index contributed by atoms with van der Waals surface area (Å²) >= 11 is 1.85. The summed E-state index contributed by atoms with van der Waals surface area (Å²) in [6, 6.07) is 104. The van der Waals surface area contributed by atoms with E-state index in [0.717, 1.165) is 56.7 Å². The summed E-state index contributed by atoms with van der Waals surface area (Å²) in [4.78, 5) is 7.26. The molecule has 340 valence electrons. The second-order valence-electron chi connectivity index (χ2n) is 18.2. The van der Waals surface area contributed by atoms with E-state index in [0.29, 0.717) is 0 Å². The number of nitrogens with zero attached hydrogens (tertiary/aromatic N) is 3. The van der Waals surface area contributed by atoms with Crippen molar-refractivity contribution < 1.29 is 0 Å². The van der Waals surface area contributed by atoms with Crippen molar-refractivity contribution in [1.82, 2.24) is 0 Å². The summed E-state index contributed by atoms with van der Waals surface area (Å²) in [5.41, 5.74) is 14.2. The zero-order valence-corrected chi connectivity index (χ0v) is 40.2. The summed E-state index contributed by atoms with van der Waals surface area (Å²) in [6.07, 6.45) is 0. The van der Waals surface area contributed by atoms with Crippen LogP contribution in [0.4, 0.5) is 51.2 Å². The van der Waals surface area contributed by atoms with Gasteiger partial charge in [-0.25, -0.2) is 0 Å². The van der Waals surface area contributed by atoms with E-state index in [1.807, 2.05) is 11.3 Å². The first kappa shape index (κ1) is 42.8. The van der Waals surface area contributed by atoms with Gasteiger partial charge in [0.05, 0.1) is 28.4 Å². The van der Waals surface area contributed by atoms with E-state index in [4.69, 9.17) is 0 Å². The highest BCUT2D eigenvalue weighted by molar-refractivity contribution is 7.25. The summed E-state index contributed by atoms with van der Waals surface area (Å²) in [7, 11) is 0. The molecule has 3 nitrogen and oxygen atoms in total. The van der Waals surface area contributed by atoms with Crippen LogP contribution in [0.5, 0.6) is 0 Å². The van der Waals surface area contributed by atoms with E-state index >= 15 is 0 Å². The molecular weight excluding hydrogens is 891 g/mol. The Labute approximate surface area is 424 Å². The number of rotatable bonds is 11. The minimum Gasteiger partial charge on any atom is -0.310 e. The molecule has 1 aromatic heterocycles. The minimum absolute atomic E-state index is 1.01. The average molecular weight is 938 g/mol. The molecule has 4 heteroatoms. The number of hydrogen-bond donors (Lipinski definition) is 0. The van der Waals surface area contributed by atoms with Gasteiger partial charge >= 0.3 is 0 Å². The highest BCUT2D eigenvalue weighted by Crippen LogP contribution is 2.48. The molecule has 0 radical (unpaired) electrons. The van der Waals surface area contributed by atoms with Gasteiger partial charge in [-0.1, -0.05) is 188 Å². The molecule has 13 rings (SSSR count). The molecule has 13 aromatic rings. The van der Waals surface area contributed by atoms with Crippen LogP contribution in [0.1, 0.15) is 0 Å². The predicted octanol–water partition coefficient (Wildman–Crippen LogP) is 20.1. The van der Waals surface area contributed by atoms with Gasteiger partial charge in [-0.15, -0.1) is 11.3 Å². The monoisotopic (exact) mass is 937 g/mol. The Morgan fingerprint density at radius 1 is 0.208 bits per heavy atom. The van der Waals surface area contributed by atoms with Crippen molar-refractivity contribution in [2.45, 2.75) is 0 Å². The quantitative estimate of drug-likeness (QED) is 0.128. The summed E-state index contributed by atoms with van der Waals surface area (Å²) in [5, 5.41) is 7.30. The number of benzene rings is 12. The number of fused-ring (bicyclic) bond motifs is 5. The van der Waals surface area contributed by atoms with Crippen LogP contribution in [-0.2, 0) is 0 Å². The van der Waals surface area contributed by atoms with Gasteiger partial charge in [-0.2, -0.15) is 0 Å². The fourth-order valence-corrected chi connectivity index (χ4v) is 11.5. The zero-order chi connectivity index (χ0) is 47.8. The lowest BCUT2D eigenvalue weighted by molar-refractivity contribution is 1.23. The van der Waals surface area contributed by atoms with E-state index in [2.05, 4.69) is 300 Å². The number of anilines is 9. The van der Waals surface area contributed by atoms with Gasteiger partial charge in [0.1, 0.15) is 0 Å². The molecule has 1 heterocycles. The van der Waals surface area contributed by atoms with Crippen molar-refractivity contribution in [3.8, 4) is 22.3 Å². The van der Waals surface area contributed by atoms with Gasteiger partial charge < -0.3 is 14.7 Å². The van der Waals surface area contributed by atoms with Gasteiger partial charge in [0.25, 0.3) is 0 Å². The van der Waals surface area contributed by atoms with E-state index in [-0.39, 0.29) is 0 Å². The van der Waals surface area contributed by atoms with Gasteiger partial charge in [-0.05, 0) is 130 Å². The van der Waals surface area contributed by atoms with E-state index in [9.17, 15) is 0 Å². The van der Waals surface area contributed by atoms with Crippen molar-refractivity contribution in [2.75, 3.05) is 14.7 Å². The fourth-order valence-electron chi connectivity index (χ4n) is 10.4. The van der Waals surface area contributed by atoms with E-state index < -0.39 is 0 Å². The van der Waals surface area contributed by atoms with Crippen molar-refractivity contribution >= 4 is 104 Å². The highest BCUT2D eigenvalue weighted by Gasteiger charge is 2.24. The third-order valence-electron chi connectivity index (χ3n) is 13.8. The summed E-state index contributed by atoms with van der Waals surface area (Å²) in [5.74, 6) is 0. The second-order valence-corrected chi connectivity index (χ2v) is 19.2. The topological polar surface area (TPSA) is 9.72 Å². The largest absolute Gasteiger partial charge is 0.310 e. The number of hydrogen-bond acceptors (Lipinski definition) is 4. The number of para-hydroxylation sites is 2. The van der Waals surface area contributed by atoms with Gasteiger partial charge in [0.2, 0.25) is 0 Å².